The zero-order valence-corrected chi connectivity index (χ0v) is 18.9. The van der Waals surface area contributed by atoms with E-state index in [9.17, 15) is 9.18 Å². The van der Waals surface area contributed by atoms with E-state index in [0.29, 0.717) is 34.3 Å². The van der Waals surface area contributed by atoms with Crippen LogP contribution in [-0.2, 0) is 6.54 Å². The third kappa shape index (κ3) is 3.68. The Morgan fingerprint density at radius 1 is 1.12 bits per heavy atom. The zero-order chi connectivity index (χ0) is 23.1. The molecular formula is C24H25FN6O2. The molecule has 1 aromatic carbocycles. The lowest BCUT2D eigenvalue weighted by atomic mass is 9.99. The maximum Gasteiger partial charge on any atom is 0.260 e. The van der Waals surface area contributed by atoms with Crippen LogP contribution >= 0.6 is 0 Å². The Morgan fingerprint density at radius 2 is 1.91 bits per heavy atom. The number of hydrogen-bond acceptors (Lipinski definition) is 7. The minimum Gasteiger partial charge on any atom is -0.496 e. The number of hydrogen-bond donors (Lipinski definition) is 1. The number of rotatable bonds is 4. The summed E-state index contributed by atoms with van der Waals surface area (Å²) in [6.45, 7) is 7.31. The summed E-state index contributed by atoms with van der Waals surface area (Å²) >= 11 is 0. The van der Waals surface area contributed by atoms with Gasteiger partial charge < -0.3 is 15.0 Å². The fourth-order valence-corrected chi connectivity index (χ4v) is 4.46. The molecule has 1 fully saturated rings. The highest BCUT2D eigenvalue weighted by Crippen LogP contribution is 2.40. The second kappa shape index (κ2) is 8.40. The lowest BCUT2D eigenvalue weighted by molar-refractivity contribution is 0.0996. The SMILES string of the molecule is COc1c(C)ccc(F)c1-c1nccc2c1CN(c1cc(C)nc(N3CCNCC3)n1)C2=O. The minimum absolute atomic E-state index is 0.190. The molecular weight excluding hydrogens is 423 g/mol. The van der Waals surface area contributed by atoms with Crippen molar-refractivity contribution in [3.63, 3.8) is 0 Å². The number of piperazine rings is 1. The zero-order valence-electron chi connectivity index (χ0n) is 18.9. The van der Waals surface area contributed by atoms with Gasteiger partial charge in [-0.15, -0.1) is 0 Å². The van der Waals surface area contributed by atoms with Crippen molar-refractivity contribution in [2.45, 2.75) is 20.4 Å². The molecule has 5 rings (SSSR count). The van der Waals surface area contributed by atoms with Gasteiger partial charge in [0, 0.05) is 55.3 Å². The molecule has 0 spiro atoms. The van der Waals surface area contributed by atoms with Crippen LogP contribution in [0.15, 0.2) is 30.5 Å². The van der Waals surface area contributed by atoms with E-state index in [0.717, 1.165) is 37.4 Å². The Hall–Kier alpha value is -3.59. The molecule has 2 aliphatic heterocycles. The van der Waals surface area contributed by atoms with Crippen LogP contribution in [0.2, 0.25) is 0 Å². The number of benzene rings is 1. The number of anilines is 2. The van der Waals surface area contributed by atoms with Crippen LogP contribution in [-0.4, -0.2) is 54.1 Å². The van der Waals surface area contributed by atoms with E-state index in [-0.39, 0.29) is 18.0 Å². The van der Waals surface area contributed by atoms with Gasteiger partial charge in [0.25, 0.3) is 5.91 Å². The van der Waals surface area contributed by atoms with Crippen LogP contribution in [0.3, 0.4) is 0 Å². The van der Waals surface area contributed by atoms with Crippen molar-refractivity contribution in [2.24, 2.45) is 0 Å². The maximum atomic E-state index is 15.0. The van der Waals surface area contributed by atoms with Crippen molar-refractivity contribution in [2.75, 3.05) is 43.1 Å². The molecule has 9 heteroatoms. The molecule has 33 heavy (non-hydrogen) atoms. The topological polar surface area (TPSA) is 83.5 Å². The summed E-state index contributed by atoms with van der Waals surface area (Å²) in [5.74, 6) is 0.925. The molecule has 3 aromatic rings. The first-order valence-corrected chi connectivity index (χ1v) is 10.9. The molecule has 0 radical (unpaired) electrons. The quantitative estimate of drug-likeness (QED) is 0.657. The van der Waals surface area contributed by atoms with Crippen LogP contribution in [0, 0.1) is 19.7 Å². The van der Waals surface area contributed by atoms with E-state index in [1.165, 1.54) is 19.4 Å². The Labute approximate surface area is 191 Å². The number of fused-ring (bicyclic) bond motifs is 1. The molecule has 4 heterocycles. The van der Waals surface area contributed by atoms with E-state index in [1.807, 2.05) is 13.8 Å². The second-order valence-electron chi connectivity index (χ2n) is 8.25. The summed E-state index contributed by atoms with van der Waals surface area (Å²) in [6, 6.07) is 6.54. The van der Waals surface area contributed by atoms with Crippen LogP contribution in [0.25, 0.3) is 11.3 Å². The third-order valence-corrected chi connectivity index (χ3v) is 6.10. The highest BCUT2D eigenvalue weighted by atomic mass is 19.1. The number of halogens is 1. The highest BCUT2D eigenvalue weighted by molar-refractivity contribution is 6.10. The fourth-order valence-electron chi connectivity index (χ4n) is 4.46. The van der Waals surface area contributed by atoms with Crippen molar-refractivity contribution in [1.29, 1.82) is 0 Å². The summed E-state index contributed by atoms with van der Waals surface area (Å²) in [5.41, 5.74) is 3.40. The minimum atomic E-state index is -0.442. The van der Waals surface area contributed by atoms with E-state index in [4.69, 9.17) is 9.72 Å². The van der Waals surface area contributed by atoms with Gasteiger partial charge in [0.1, 0.15) is 17.4 Å². The van der Waals surface area contributed by atoms with E-state index < -0.39 is 5.82 Å². The summed E-state index contributed by atoms with van der Waals surface area (Å²) < 4.78 is 20.4. The molecule has 1 N–H and O–H groups in total. The molecule has 2 aliphatic rings. The van der Waals surface area contributed by atoms with Gasteiger partial charge in [0.2, 0.25) is 5.95 Å². The van der Waals surface area contributed by atoms with E-state index in [2.05, 4.69) is 20.2 Å². The van der Waals surface area contributed by atoms with Crippen LogP contribution < -0.4 is 19.9 Å². The summed E-state index contributed by atoms with van der Waals surface area (Å²) in [7, 11) is 1.51. The predicted molar refractivity (Wildman–Crippen MR) is 123 cm³/mol. The van der Waals surface area contributed by atoms with Gasteiger partial charge >= 0.3 is 0 Å². The van der Waals surface area contributed by atoms with Crippen molar-refractivity contribution in [1.82, 2.24) is 20.3 Å². The first-order chi connectivity index (χ1) is 16.0. The number of amides is 1. The van der Waals surface area contributed by atoms with Crippen molar-refractivity contribution in [3.8, 4) is 17.0 Å². The van der Waals surface area contributed by atoms with E-state index in [1.54, 1.807) is 23.1 Å². The van der Waals surface area contributed by atoms with Crippen LogP contribution in [0.1, 0.15) is 27.2 Å². The largest absolute Gasteiger partial charge is 0.496 e. The Balaban J connectivity index is 1.57. The lowest BCUT2D eigenvalue weighted by Crippen LogP contribution is -2.44. The standard InChI is InChI=1S/C24H25FN6O2/c1-14-4-5-18(25)20(22(14)33-3)21-17-13-31(23(32)16(17)6-7-27-21)19-12-15(2)28-24(29-19)30-10-8-26-9-11-30/h4-7,12,26H,8-11,13H2,1-3H3. The van der Waals surface area contributed by atoms with Gasteiger partial charge in [-0.25, -0.2) is 9.37 Å². The summed E-state index contributed by atoms with van der Waals surface area (Å²) in [6.07, 6.45) is 1.54. The molecule has 170 valence electrons. The molecule has 0 aliphatic carbocycles. The van der Waals surface area contributed by atoms with Gasteiger partial charge in [0.05, 0.1) is 24.9 Å². The van der Waals surface area contributed by atoms with Crippen molar-refractivity contribution >= 4 is 17.7 Å². The summed E-state index contributed by atoms with van der Waals surface area (Å²) in [5, 5.41) is 3.32. The van der Waals surface area contributed by atoms with Crippen molar-refractivity contribution in [3.05, 3.63) is 58.7 Å². The molecule has 8 nitrogen and oxygen atoms in total. The third-order valence-electron chi connectivity index (χ3n) is 6.10. The molecule has 0 saturated carbocycles. The fraction of sp³-hybridized carbons (Fsp3) is 0.333. The van der Waals surface area contributed by atoms with Gasteiger partial charge in [-0.1, -0.05) is 6.07 Å². The Kier molecular flexibility index (Phi) is 5.41. The number of nitrogens with one attached hydrogen (secondary N) is 1. The van der Waals surface area contributed by atoms with Gasteiger partial charge in [-0.2, -0.15) is 4.98 Å². The maximum absolute atomic E-state index is 15.0. The number of aromatic nitrogens is 3. The lowest BCUT2D eigenvalue weighted by Gasteiger charge is -2.28. The number of aryl methyl sites for hydroxylation is 2. The molecule has 1 saturated heterocycles. The first-order valence-electron chi connectivity index (χ1n) is 10.9. The molecule has 2 aromatic heterocycles. The smallest absolute Gasteiger partial charge is 0.260 e. The average Bonchev–Trinajstić information content (AvgIpc) is 3.17. The molecule has 0 bridgehead atoms. The van der Waals surface area contributed by atoms with E-state index >= 15 is 0 Å². The molecule has 0 atom stereocenters. The Bertz CT molecular complexity index is 1240. The highest BCUT2D eigenvalue weighted by Gasteiger charge is 2.34. The normalized spacial score (nSPS) is 15.7. The Morgan fingerprint density at radius 3 is 2.67 bits per heavy atom. The van der Waals surface area contributed by atoms with Crippen LogP contribution in [0.4, 0.5) is 16.2 Å². The van der Waals surface area contributed by atoms with Crippen LogP contribution in [0.5, 0.6) is 5.75 Å². The number of pyridine rings is 1. The van der Waals surface area contributed by atoms with Gasteiger partial charge in [-0.3, -0.25) is 14.7 Å². The number of carbonyl (C=O) groups is 1. The number of carbonyl (C=O) groups excluding carboxylic acids is 1. The molecule has 1 amide bonds. The average molecular weight is 449 g/mol. The summed E-state index contributed by atoms with van der Waals surface area (Å²) in [4.78, 5) is 30.8. The number of methoxy groups -OCH3 is 1. The monoisotopic (exact) mass is 448 g/mol. The number of nitrogens with zero attached hydrogens (tertiary/aromatic N) is 5. The first kappa shape index (κ1) is 21.3. The predicted octanol–water partition coefficient (Wildman–Crippen LogP) is 2.87. The van der Waals surface area contributed by atoms with Gasteiger partial charge in [-0.05, 0) is 31.5 Å². The second-order valence-corrected chi connectivity index (χ2v) is 8.25. The molecule has 0 unspecified atom stereocenters. The van der Waals surface area contributed by atoms with Gasteiger partial charge in [0.15, 0.2) is 0 Å². The van der Waals surface area contributed by atoms with Crippen molar-refractivity contribution < 1.29 is 13.9 Å². The number of ether oxygens (including phenoxy) is 1.